The molecular formula is C9H8F3NOS. The third kappa shape index (κ3) is 2.95. The molecule has 0 aromatic carbocycles. The Balaban J connectivity index is 3.12. The number of hydrogen-bond acceptors (Lipinski definition) is 3. The van der Waals surface area contributed by atoms with Crippen LogP contribution < -0.4 is 0 Å². The van der Waals surface area contributed by atoms with Crippen molar-refractivity contribution in [3.8, 4) is 0 Å². The molecule has 1 heterocycles. The first-order valence-corrected chi connectivity index (χ1v) is 5.39. The largest absolute Gasteiger partial charge is 0.417 e. The number of carbonyl (C=O) groups is 1. The van der Waals surface area contributed by atoms with E-state index in [4.69, 9.17) is 0 Å². The monoisotopic (exact) mass is 235 g/mol. The summed E-state index contributed by atoms with van der Waals surface area (Å²) < 4.78 is 37.4. The molecular weight excluding hydrogens is 227 g/mol. The van der Waals surface area contributed by atoms with E-state index in [0.717, 1.165) is 18.5 Å². The van der Waals surface area contributed by atoms with Crippen LogP contribution in [0.25, 0.3) is 0 Å². The van der Waals surface area contributed by atoms with Gasteiger partial charge in [0, 0.05) is 18.0 Å². The van der Waals surface area contributed by atoms with Crippen LogP contribution in [-0.4, -0.2) is 22.8 Å². The zero-order valence-corrected chi connectivity index (χ0v) is 8.65. The summed E-state index contributed by atoms with van der Waals surface area (Å²) in [4.78, 5) is 14.9. The average Bonchev–Trinajstić information content (AvgIpc) is 2.17. The summed E-state index contributed by atoms with van der Waals surface area (Å²) in [6.45, 7) is 0. The van der Waals surface area contributed by atoms with Crippen LogP contribution in [0.5, 0.6) is 0 Å². The Morgan fingerprint density at radius 1 is 1.53 bits per heavy atom. The first-order valence-electron chi connectivity index (χ1n) is 4.00. The number of rotatable bonds is 3. The molecule has 0 saturated carbocycles. The van der Waals surface area contributed by atoms with Crippen molar-refractivity contribution < 1.29 is 18.0 Å². The van der Waals surface area contributed by atoms with Crippen molar-refractivity contribution in [2.24, 2.45) is 0 Å². The summed E-state index contributed by atoms with van der Waals surface area (Å²) >= 11 is 1.18. The summed E-state index contributed by atoms with van der Waals surface area (Å²) in [5.74, 6) is -0.530. The zero-order chi connectivity index (χ0) is 11.5. The first kappa shape index (κ1) is 12.0. The minimum absolute atomic E-state index is 0.0226. The van der Waals surface area contributed by atoms with Crippen LogP contribution >= 0.6 is 11.8 Å². The topological polar surface area (TPSA) is 30.0 Å². The molecule has 1 rings (SSSR count). The van der Waals surface area contributed by atoms with Crippen LogP contribution in [0.15, 0.2) is 18.5 Å². The highest BCUT2D eigenvalue weighted by atomic mass is 32.2. The molecule has 0 unspecified atom stereocenters. The molecule has 0 spiro atoms. The number of aromatic nitrogens is 1. The highest BCUT2D eigenvalue weighted by molar-refractivity contribution is 7.99. The van der Waals surface area contributed by atoms with Gasteiger partial charge in [0.15, 0.2) is 5.78 Å². The van der Waals surface area contributed by atoms with Crippen molar-refractivity contribution >= 4 is 17.5 Å². The van der Waals surface area contributed by atoms with E-state index in [9.17, 15) is 18.0 Å². The van der Waals surface area contributed by atoms with Crippen molar-refractivity contribution in [2.45, 2.75) is 6.18 Å². The minimum Gasteiger partial charge on any atom is -0.293 e. The maximum absolute atomic E-state index is 12.5. The molecule has 6 heteroatoms. The van der Waals surface area contributed by atoms with Crippen LogP contribution in [0.3, 0.4) is 0 Å². The number of carbonyl (C=O) groups excluding carboxylic acids is 1. The Morgan fingerprint density at radius 3 is 2.73 bits per heavy atom. The molecule has 0 bridgehead atoms. The summed E-state index contributed by atoms with van der Waals surface area (Å²) in [7, 11) is 0. The number of nitrogens with zero attached hydrogens (tertiary/aromatic N) is 1. The molecule has 2 nitrogen and oxygen atoms in total. The second kappa shape index (κ2) is 4.65. The molecule has 82 valence electrons. The van der Waals surface area contributed by atoms with Crippen LogP contribution in [0.4, 0.5) is 13.2 Å². The summed E-state index contributed by atoms with van der Waals surface area (Å²) in [6.07, 6.45) is -0.867. The fraction of sp³-hybridized carbons (Fsp3) is 0.333. The molecule has 0 N–H and O–H groups in total. The molecule has 1 aromatic rings. The Morgan fingerprint density at radius 2 is 2.20 bits per heavy atom. The quantitative estimate of drug-likeness (QED) is 0.754. The number of alkyl halides is 3. The second-order valence-corrected chi connectivity index (χ2v) is 3.64. The van der Waals surface area contributed by atoms with Gasteiger partial charge in [0.1, 0.15) is 0 Å². The summed E-state index contributed by atoms with van der Waals surface area (Å²) in [5, 5.41) is 0. The molecule has 0 saturated heterocycles. The molecule has 0 aliphatic rings. The maximum atomic E-state index is 12.5. The van der Waals surface area contributed by atoms with Gasteiger partial charge in [-0.3, -0.25) is 9.78 Å². The van der Waals surface area contributed by atoms with Gasteiger partial charge in [-0.15, -0.1) is 0 Å². The highest BCUT2D eigenvalue weighted by Gasteiger charge is 2.34. The Labute approximate surface area is 88.9 Å². The fourth-order valence-electron chi connectivity index (χ4n) is 1.07. The smallest absolute Gasteiger partial charge is 0.293 e. The number of pyridine rings is 1. The van der Waals surface area contributed by atoms with Gasteiger partial charge < -0.3 is 0 Å². The highest BCUT2D eigenvalue weighted by Crippen LogP contribution is 2.31. The Bertz CT molecular complexity index is 365. The van der Waals surface area contributed by atoms with Gasteiger partial charge in [0.2, 0.25) is 0 Å². The van der Waals surface area contributed by atoms with Crippen molar-refractivity contribution in [1.82, 2.24) is 4.98 Å². The molecule has 0 aliphatic heterocycles. The third-order valence-electron chi connectivity index (χ3n) is 1.70. The SMILES string of the molecule is CSCC(=O)c1cnccc1C(F)(F)F. The lowest BCUT2D eigenvalue weighted by molar-refractivity contribution is -0.138. The van der Waals surface area contributed by atoms with Crippen LogP contribution in [-0.2, 0) is 6.18 Å². The van der Waals surface area contributed by atoms with E-state index < -0.39 is 17.5 Å². The van der Waals surface area contributed by atoms with Gasteiger partial charge in [-0.05, 0) is 12.3 Å². The number of Topliss-reactive ketones (excluding diaryl/α,β-unsaturated/α-hetero) is 1. The second-order valence-electron chi connectivity index (χ2n) is 2.78. The van der Waals surface area contributed by atoms with E-state index in [2.05, 4.69) is 4.98 Å². The molecule has 0 fully saturated rings. The lowest BCUT2D eigenvalue weighted by Gasteiger charge is -2.10. The minimum atomic E-state index is -4.51. The Hall–Kier alpha value is -1.04. The van der Waals surface area contributed by atoms with E-state index >= 15 is 0 Å². The average molecular weight is 235 g/mol. The van der Waals surface area contributed by atoms with E-state index in [1.54, 1.807) is 6.26 Å². The first-order chi connectivity index (χ1) is 6.96. The van der Waals surface area contributed by atoms with Gasteiger partial charge in [0.05, 0.1) is 11.3 Å². The predicted molar refractivity (Wildman–Crippen MR) is 52.0 cm³/mol. The molecule has 15 heavy (non-hydrogen) atoms. The van der Waals surface area contributed by atoms with E-state index in [0.29, 0.717) is 0 Å². The van der Waals surface area contributed by atoms with E-state index in [1.807, 2.05) is 0 Å². The van der Waals surface area contributed by atoms with Gasteiger partial charge in [-0.1, -0.05) is 0 Å². The van der Waals surface area contributed by atoms with Crippen LogP contribution in [0.2, 0.25) is 0 Å². The van der Waals surface area contributed by atoms with Crippen LogP contribution in [0.1, 0.15) is 15.9 Å². The van der Waals surface area contributed by atoms with Crippen molar-refractivity contribution in [3.05, 3.63) is 29.6 Å². The van der Waals surface area contributed by atoms with Gasteiger partial charge in [-0.25, -0.2) is 0 Å². The normalized spacial score (nSPS) is 11.5. The summed E-state index contributed by atoms with van der Waals surface area (Å²) in [6, 6.07) is 0.813. The lowest BCUT2D eigenvalue weighted by atomic mass is 10.1. The maximum Gasteiger partial charge on any atom is 0.417 e. The summed E-state index contributed by atoms with van der Waals surface area (Å²) in [5.41, 5.74) is -1.28. The molecule has 0 aliphatic carbocycles. The van der Waals surface area contributed by atoms with Crippen molar-refractivity contribution in [2.75, 3.05) is 12.0 Å². The van der Waals surface area contributed by atoms with Crippen LogP contribution in [0, 0.1) is 0 Å². The number of thioether (sulfide) groups is 1. The number of hydrogen-bond donors (Lipinski definition) is 0. The van der Waals surface area contributed by atoms with Gasteiger partial charge in [-0.2, -0.15) is 24.9 Å². The standard InChI is InChI=1S/C9H8F3NOS/c1-15-5-8(14)6-4-13-3-2-7(6)9(10,11)12/h2-4H,5H2,1H3. The van der Waals surface area contributed by atoms with Gasteiger partial charge in [0.25, 0.3) is 0 Å². The molecule has 0 radical (unpaired) electrons. The fourth-order valence-corrected chi connectivity index (χ4v) is 1.49. The number of halogens is 3. The van der Waals surface area contributed by atoms with Crippen molar-refractivity contribution in [3.63, 3.8) is 0 Å². The van der Waals surface area contributed by atoms with E-state index in [-0.39, 0.29) is 11.3 Å². The molecule has 0 atom stereocenters. The third-order valence-corrected chi connectivity index (χ3v) is 2.25. The molecule has 0 amide bonds. The number of ketones is 1. The molecule has 1 aromatic heterocycles. The van der Waals surface area contributed by atoms with E-state index in [1.165, 1.54) is 11.8 Å². The van der Waals surface area contributed by atoms with Crippen molar-refractivity contribution in [1.29, 1.82) is 0 Å². The zero-order valence-electron chi connectivity index (χ0n) is 7.84. The predicted octanol–water partition coefficient (Wildman–Crippen LogP) is 2.65. The Kier molecular flexibility index (Phi) is 3.73. The van der Waals surface area contributed by atoms with Gasteiger partial charge >= 0.3 is 6.18 Å². The lowest BCUT2D eigenvalue weighted by Crippen LogP contribution is -2.14.